The van der Waals surface area contributed by atoms with E-state index in [2.05, 4.69) is 26.5 Å². The summed E-state index contributed by atoms with van der Waals surface area (Å²) in [6.45, 7) is 3.95. The van der Waals surface area contributed by atoms with Crippen molar-refractivity contribution < 1.29 is 8.78 Å². The van der Waals surface area contributed by atoms with Gasteiger partial charge in [0.1, 0.15) is 0 Å². The van der Waals surface area contributed by atoms with Crippen molar-refractivity contribution in [3.8, 4) is 0 Å². The zero-order valence-corrected chi connectivity index (χ0v) is 18.3. The first-order valence-electron chi connectivity index (χ1n) is 11.3. The summed E-state index contributed by atoms with van der Waals surface area (Å²) in [5.41, 5.74) is 5.22. The van der Waals surface area contributed by atoms with Crippen molar-refractivity contribution in [3.05, 3.63) is 51.8 Å². The zero-order chi connectivity index (χ0) is 22.2. The first-order valence-corrected chi connectivity index (χ1v) is 11.3. The summed E-state index contributed by atoms with van der Waals surface area (Å²) in [6, 6.07) is 5.48. The molecule has 0 radical (unpaired) electrons. The van der Waals surface area contributed by atoms with E-state index in [-0.39, 0.29) is 0 Å². The van der Waals surface area contributed by atoms with Crippen molar-refractivity contribution in [2.75, 3.05) is 31.1 Å². The highest BCUT2D eigenvalue weighted by molar-refractivity contribution is 5.81. The maximum absolute atomic E-state index is 12.7. The average molecular weight is 443 g/mol. The maximum atomic E-state index is 12.7. The van der Waals surface area contributed by atoms with Gasteiger partial charge in [0.25, 0.3) is 12.0 Å². The van der Waals surface area contributed by atoms with Crippen LogP contribution in [0.2, 0.25) is 0 Å². The topological polar surface area (TPSA) is 59.2 Å². The van der Waals surface area contributed by atoms with E-state index in [1.807, 2.05) is 12.1 Å². The van der Waals surface area contributed by atoms with E-state index in [9.17, 15) is 13.6 Å². The van der Waals surface area contributed by atoms with Crippen LogP contribution in [0.15, 0.2) is 29.3 Å². The highest BCUT2D eigenvalue weighted by atomic mass is 19.3. The number of nitrogens with zero attached hydrogens (tertiary/aromatic N) is 6. The predicted octanol–water partition coefficient (Wildman–Crippen LogP) is 2.60. The Morgan fingerprint density at radius 3 is 2.66 bits per heavy atom. The van der Waals surface area contributed by atoms with Crippen molar-refractivity contribution in [2.45, 2.75) is 45.2 Å². The number of halogens is 2. The Balaban J connectivity index is 1.27. The summed E-state index contributed by atoms with van der Waals surface area (Å²) in [6.07, 6.45) is 3.36. The largest absolute Gasteiger partial charge is 0.369 e. The number of fused-ring (bicyclic) bond motifs is 2. The lowest BCUT2D eigenvalue weighted by atomic mass is 9.95. The van der Waals surface area contributed by atoms with Gasteiger partial charge >= 0.3 is 0 Å². The summed E-state index contributed by atoms with van der Waals surface area (Å²) >= 11 is 0. The number of aromatic nitrogens is 4. The highest BCUT2D eigenvalue weighted by Gasteiger charge is 2.23. The fourth-order valence-electron chi connectivity index (χ4n) is 4.94. The lowest BCUT2D eigenvalue weighted by Gasteiger charge is -2.36. The second-order valence-electron chi connectivity index (χ2n) is 8.76. The molecular formula is C23H28F2N6O. The quantitative estimate of drug-likeness (QED) is 0.608. The van der Waals surface area contributed by atoms with Crippen molar-refractivity contribution in [1.82, 2.24) is 24.2 Å². The Morgan fingerprint density at radius 2 is 1.88 bits per heavy atom. The zero-order valence-electron chi connectivity index (χ0n) is 18.3. The van der Waals surface area contributed by atoms with Gasteiger partial charge in [-0.05, 0) is 49.4 Å². The maximum Gasteiger partial charge on any atom is 0.261 e. The molecule has 0 saturated carbocycles. The molecule has 0 spiro atoms. The molecule has 3 aromatic rings. The molecule has 1 aliphatic carbocycles. The lowest BCUT2D eigenvalue weighted by molar-refractivity contribution is 0.125. The molecule has 0 amide bonds. The molecule has 0 unspecified atom stereocenters. The van der Waals surface area contributed by atoms with Gasteiger partial charge in [-0.2, -0.15) is 5.10 Å². The Bertz CT molecular complexity index is 1180. The molecule has 0 bridgehead atoms. The minimum absolute atomic E-state index is 0.372. The van der Waals surface area contributed by atoms with Gasteiger partial charge in [-0.3, -0.25) is 18.9 Å². The van der Waals surface area contributed by atoms with Crippen LogP contribution in [0.1, 0.15) is 29.8 Å². The smallest absolute Gasteiger partial charge is 0.261 e. The second kappa shape index (κ2) is 8.61. The number of hydrogen-bond donors (Lipinski definition) is 0. The molecule has 1 aromatic carbocycles. The van der Waals surface area contributed by atoms with E-state index in [4.69, 9.17) is 5.10 Å². The first kappa shape index (κ1) is 21.1. The third-order valence-electron chi connectivity index (χ3n) is 6.70. The van der Waals surface area contributed by atoms with Crippen LogP contribution in [0.25, 0.3) is 10.9 Å². The molecule has 3 heterocycles. The monoisotopic (exact) mass is 442 g/mol. The van der Waals surface area contributed by atoms with Crippen LogP contribution in [0.3, 0.4) is 0 Å². The molecule has 1 saturated heterocycles. The van der Waals surface area contributed by atoms with E-state index in [0.29, 0.717) is 10.9 Å². The second-order valence-corrected chi connectivity index (χ2v) is 8.76. The van der Waals surface area contributed by atoms with Crippen molar-refractivity contribution in [1.29, 1.82) is 0 Å². The molecule has 5 rings (SSSR count). The molecule has 0 atom stereocenters. The van der Waals surface area contributed by atoms with Gasteiger partial charge in [-0.1, -0.05) is 0 Å². The van der Waals surface area contributed by atoms with Crippen molar-refractivity contribution >= 4 is 16.6 Å². The van der Waals surface area contributed by atoms with Gasteiger partial charge in [0, 0.05) is 45.5 Å². The highest BCUT2D eigenvalue weighted by Crippen LogP contribution is 2.26. The van der Waals surface area contributed by atoms with Crippen LogP contribution in [-0.4, -0.2) is 56.8 Å². The summed E-state index contributed by atoms with van der Waals surface area (Å²) in [4.78, 5) is 21.5. The number of aryl methyl sites for hydroxylation is 2. The number of alkyl halides is 2. The molecule has 0 N–H and O–H groups in total. The summed E-state index contributed by atoms with van der Waals surface area (Å²) in [5.74, 6) is 0. The van der Waals surface area contributed by atoms with Gasteiger partial charge in [0.05, 0.1) is 35.2 Å². The van der Waals surface area contributed by atoms with Gasteiger partial charge in [0.2, 0.25) is 0 Å². The Hall–Kier alpha value is -2.81. The van der Waals surface area contributed by atoms with E-state index in [1.165, 1.54) is 36.1 Å². The van der Waals surface area contributed by atoms with Crippen LogP contribution in [0.5, 0.6) is 0 Å². The molecular weight excluding hydrogens is 414 g/mol. The predicted molar refractivity (Wildman–Crippen MR) is 119 cm³/mol. The van der Waals surface area contributed by atoms with E-state index in [0.717, 1.165) is 55.8 Å². The first-order chi connectivity index (χ1) is 15.5. The molecule has 2 aliphatic rings. The normalized spacial score (nSPS) is 17.3. The molecule has 1 fully saturated rings. The Labute approximate surface area is 185 Å². The van der Waals surface area contributed by atoms with Crippen LogP contribution in [0.4, 0.5) is 14.5 Å². The molecule has 170 valence electrons. The molecule has 7 nitrogen and oxygen atoms in total. The van der Waals surface area contributed by atoms with Crippen LogP contribution >= 0.6 is 0 Å². The van der Waals surface area contributed by atoms with Crippen LogP contribution in [-0.2, 0) is 33.0 Å². The SMILES string of the molecule is Cn1nc2c(c1CN1CCN(c3ccc4c(=O)n(CC(F)F)cnc4c3)CC1)CCCC2. The van der Waals surface area contributed by atoms with Gasteiger partial charge in [0.15, 0.2) is 0 Å². The Morgan fingerprint density at radius 1 is 1.09 bits per heavy atom. The lowest BCUT2D eigenvalue weighted by Crippen LogP contribution is -2.46. The summed E-state index contributed by atoms with van der Waals surface area (Å²) in [7, 11) is 2.06. The number of hydrogen-bond acceptors (Lipinski definition) is 5. The number of benzene rings is 1. The number of rotatable bonds is 5. The average Bonchev–Trinajstić information content (AvgIpc) is 3.11. The summed E-state index contributed by atoms with van der Waals surface area (Å²) < 4.78 is 28.4. The molecule has 9 heteroatoms. The van der Waals surface area contributed by atoms with Crippen molar-refractivity contribution in [3.63, 3.8) is 0 Å². The van der Waals surface area contributed by atoms with Crippen molar-refractivity contribution in [2.24, 2.45) is 7.05 Å². The van der Waals surface area contributed by atoms with Gasteiger partial charge in [-0.15, -0.1) is 0 Å². The Kier molecular flexibility index (Phi) is 5.67. The third-order valence-corrected chi connectivity index (χ3v) is 6.70. The number of anilines is 1. The number of piperazine rings is 1. The fraction of sp³-hybridized carbons (Fsp3) is 0.522. The molecule has 2 aromatic heterocycles. The molecule has 32 heavy (non-hydrogen) atoms. The molecule has 1 aliphatic heterocycles. The van der Waals surface area contributed by atoms with Crippen LogP contribution < -0.4 is 10.5 Å². The van der Waals surface area contributed by atoms with E-state index >= 15 is 0 Å². The summed E-state index contributed by atoms with van der Waals surface area (Å²) in [5, 5.41) is 5.11. The van der Waals surface area contributed by atoms with E-state index < -0.39 is 18.5 Å². The van der Waals surface area contributed by atoms with Gasteiger partial charge in [-0.25, -0.2) is 13.8 Å². The van der Waals surface area contributed by atoms with Crippen LogP contribution in [0, 0.1) is 0 Å². The minimum Gasteiger partial charge on any atom is -0.369 e. The standard InChI is InChI=1S/C23H28F2N6O/c1-28-21(17-4-2-3-5-19(17)27-28)13-29-8-10-30(11-9-29)16-6-7-18-20(12-16)26-15-31(23(18)32)14-22(24)25/h6-7,12,15,22H,2-5,8-11,13-14H2,1H3. The minimum atomic E-state index is -2.58. The van der Waals surface area contributed by atoms with E-state index in [1.54, 1.807) is 6.07 Å². The fourth-order valence-corrected chi connectivity index (χ4v) is 4.94. The third kappa shape index (κ3) is 4.01. The van der Waals surface area contributed by atoms with Gasteiger partial charge < -0.3 is 4.90 Å².